The Morgan fingerprint density at radius 2 is 1.77 bits per heavy atom. The van der Waals surface area contributed by atoms with E-state index in [0.29, 0.717) is 35.2 Å². The molecule has 1 saturated heterocycles. The molecule has 0 spiro atoms. The number of ether oxygens (including phenoxy) is 2. The van der Waals surface area contributed by atoms with Crippen molar-refractivity contribution in [2.45, 2.75) is 6.61 Å². The minimum Gasteiger partial charge on any atom is -0.496 e. The minimum absolute atomic E-state index is 0.0257. The van der Waals surface area contributed by atoms with E-state index in [4.69, 9.17) is 21.1 Å². The van der Waals surface area contributed by atoms with E-state index in [1.807, 2.05) is 40.8 Å². The van der Waals surface area contributed by atoms with Crippen LogP contribution in [-0.4, -0.2) is 60.6 Å². The minimum atomic E-state index is 0.0257. The number of piperazine rings is 1. The molecule has 0 aliphatic carbocycles. The largest absolute Gasteiger partial charge is 0.496 e. The highest BCUT2D eigenvalue weighted by Crippen LogP contribution is 2.36. The molecule has 8 heteroatoms. The van der Waals surface area contributed by atoms with Crippen LogP contribution in [0, 0.1) is 0 Å². The third-order valence-electron chi connectivity index (χ3n) is 5.79. The van der Waals surface area contributed by atoms with Gasteiger partial charge in [0.1, 0.15) is 18.1 Å². The Morgan fingerprint density at radius 3 is 2.42 bits per heavy atom. The molecule has 1 aliphatic heterocycles. The molecule has 0 N–H and O–H groups in total. The first-order valence-corrected chi connectivity index (χ1v) is 11.3. The average molecular weight is 507 g/mol. The van der Waals surface area contributed by atoms with Gasteiger partial charge in [-0.3, -0.25) is 4.79 Å². The zero-order valence-corrected chi connectivity index (χ0v) is 20.2. The number of carbonyl (C=O) groups is 1. The number of amides is 1. The number of methoxy groups -OCH3 is 1. The van der Waals surface area contributed by atoms with Crippen molar-refractivity contribution in [1.29, 1.82) is 0 Å². The number of hydrogen-bond acceptors (Lipinski definition) is 4. The molecule has 1 aromatic heterocycles. The molecular weight excluding hydrogens is 482 g/mol. The van der Waals surface area contributed by atoms with Gasteiger partial charge in [-0.25, -0.2) is 0 Å². The number of likely N-dealkylation sites (N-methyl/N-ethyl adjacent to an activating group) is 1. The van der Waals surface area contributed by atoms with Gasteiger partial charge in [-0.2, -0.15) is 0 Å². The van der Waals surface area contributed by atoms with Gasteiger partial charge in [0.2, 0.25) is 0 Å². The Labute approximate surface area is 195 Å². The summed E-state index contributed by atoms with van der Waals surface area (Å²) in [6.07, 6.45) is 0. The Morgan fingerprint density at radius 1 is 1.10 bits per heavy atom. The normalized spacial score (nSPS) is 14.8. The summed E-state index contributed by atoms with van der Waals surface area (Å²) in [4.78, 5) is 17.8. The van der Waals surface area contributed by atoms with E-state index >= 15 is 0 Å². The maximum atomic E-state index is 13.7. The number of halogens is 2. The quantitative estimate of drug-likeness (QED) is 0.509. The lowest BCUT2D eigenvalue weighted by Crippen LogP contribution is -2.47. The van der Waals surface area contributed by atoms with E-state index in [1.165, 1.54) is 0 Å². The van der Waals surface area contributed by atoms with Gasteiger partial charge in [0, 0.05) is 43.6 Å². The number of benzene rings is 2. The second-order valence-electron chi connectivity index (χ2n) is 7.72. The molecule has 0 atom stereocenters. The topological polar surface area (TPSA) is 46.9 Å². The molecule has 0 radical (unpaired) electrons. The van der Waals surface area contributed by atoms with Crippen molar-refractivity contribution in [2.24, 2.45) is 7.05 Å². The number of aryl methyl sites for hydroxylation is 1. The fourth-order valence-corrected chi connectivity index (χ4v) is 4.52. The van der Waals surface area contributed by atoms with E-state index in [2.05, 4.69) is 27.9 Å². The SMILES string of the molecule is COc1cc2c(C(=O)N3CCN(C)CC3)c(COc3ccc(Cl)cc3)n(C)c2cc1Br. The molecule has 31 heavy (non-hydrogen) atoms. The molecule has 0 saturated carbocycles. The molecule has 2 aromatic carbocycles. The fraction of sp³-hybridized carbons (Fsp3) is 0.348. The molecule has 2 heterocycles. The van der Waals surface area contributed by atoms with Crippen LogP contribution in [0.3, 0.4) is 0 Å². The van der Waals surface area contributed by atoms with E-state index in [1.54, 1.807) is 19.2 Å². The lowest BCUT2D eigenvalue weighted by atomic mass is 10.1. The van der Waals surface area contributed by atoms with E-state index in [0.717, 1.165) is 34.2 Å². The van der Waals surface area contributed by atoms with Crippen molar-refractivity contribution in [3.8, 4) is 11.5 Å². The van der Waals surface area contributed by atoms with Gasteiger partial charge < -0.3 is 23.8 Å². The lowest BCUT2D eigenvalue weighted by molar-refractivity contribution is 0.0663. The summed E-state index contributed by atoms with van der Waals surface area (Å²) in [6, 6.07) is 11.1. The summed E-state index contributed by atoms with van der Waals surface area (Å²) in [5.41, 5.74) is 2.44. The first kappa shape index (κ1) is 22.0. The molecule has 1 fully saturated rings. The Balaban J connectivity index is 1.77. The molecule has 6 nitrogen and oxygen atoms in total. The number of nitrogens with zero attached hydrogens (tertiary/aromatic N) is 3. The van der Waals surface area contributed by atoms with Crippen molar-refractivity contribution >= 4 is 44.3 Å². The smallest absolute Gasteiger partial charge is 0.256 e. The Kier molecular flexibility index (Phi) is 6.46. The number of fused-ring (bicyclic) bond motifs is 1. The maximum absolute atomic E-state index is 13.7. The summed E-state index contributed by atoms with van der Waals surface area (Å²) in [7, 11) is 5.66. The van der Waals surface area contributed by atoms with E-state index < -0.39 is 0 Å². The van der Waals surface area contributed by atoms with Crippen molar-refractivity contribution in [2.75, 3.05) is 40.3 Å². The van der Waals surface area contributed by atoms with Crippen molar-refractivity contribution < 1.29 is 14.3 Å². The maximum Gasteiger partial charge on any atom is 0.256 e. The van der Waals surface area contributed by atoms with Crippen LogP contribution in [0.1, 0.15) is 16.1 Å². The average Bonchev–Trinajstić information content (AvgIpc) is 3.03. The molecule has 1 amide bonds. The van der Waals surface area contributed by atoms with E-state index in [-0.39, 0.29) is 12.5 Å². The number of carbonyl (C=O) groups excluding carboxylic acids is 1. The first-order valence-electron chi connectivity index (χ1n) is 10.1. The second kappa shape index (κ2) is 9.10. The predicted octanol–water partition coefficient (Wildman–Crippen LogP) is 4.57. The predicted molar refractivity (Wildman–Crippen MR) is 126 cm³/mol. The molecule has 1 aliphatic rings. The number of rotatable bonds is 5. The van der Waals surface area contributed by atoms with Gasteiger partial charge in [-0.1, -0.05) is 11.6 Å². The highest BCUT2D eigenvalue weighted by atomic mass is 79.9. The van der Waals surface area contributed by atoms with Crippen molar-refractivity contribution in [3.05, 3.63) is 57.2 Å². The first-order chi connectivity index (χ1) is 14.9. The lowest BCUT2D eigenvalue weighted by Gasteiger charge is -2.32. The molecule has 4 rings (SSSR count). The van der Waals surface area contributed by atoms with E-state index in [9.17, 15) is 4.79 Å². The van der Waals surface area contributed by atoms with Gasteiger partial charge in [0.25, 0.3) is 5.91 Å². The standard InChI is InChI=1S/C23H25BrClN3O3/c1-26-8-10-28(11-9-26)23(29)22-17-12-21(30-3)18(24)13-19(17)27(2)20(22)14-31-16-6-4-15(25)5-7-16/h4-7,12-13H,8-11,14H2,1-3H3. The third-order valence-corrected chi connectivity index (χ3v) is 6.66. The summed E-state index contributed by atoms with van der Waals surface area (Å²) >= 11 is 9.55. The number of aromatic nitrogens is 1. The summed E-state index contributed by atoms with van der Waals surface area (Å²) in [5.74, 6) is 1.42. The van der Waals surface area contributed by atoms with Crippen LogP contribution in [0.2, 0.25) is 5.02 Å². The van der Waals surface area contributed by atoms with Gasteiger partial charge in [-0.15, -0.1) is 0 Å². The molecule has 0 unspecified atom stereocenters. The van der Waals surface area contributed by atoms with Gasteiger partial charge in [-0.05, 0) is 59.4 Å². The molecule has 164 valence electrons. The summed E-state index contributed by atoms with van der Waals surface area (Å²) in [6.45, 7) is 3.40. The molecule has 3 aromatic rings. The van der Waals surface area contributed by atoms with Gasteiger partial charge >= 0.3 is 0 Å². The third kappa shape index (κ3) is 4.40. The monoisotopic (exact) mass is 505 g/mol. The van der Waals surface area contributed by atoms with Crippen LogP contribution in [-0.2, 0) is 13.7 Å². The van der Waals surface area contributed by atoms with Crippen LogP contribution in [0.15, 0.2) is 40.9 Å². The number of hydrogen-bond donors (Lipinski definition) is 0. The summed E-state index contributed by atoms with van der Waals surface area (Å²) < 4.78 is 14.4. The fourth-order valence-electron chi connectivity index (χ4n) is 3.90. The van der Waals surface area contributed by atoms with Crippen LogP contribution in [0.4, 0.5) is 0 Å². The zero-order chi connectivity index (χ0) is 22.1. The van der Waals surface area contributed by atoms with Gasteiger partial charge in [0.15, 0.2) is 0 Å². The van der Waals surface area contributed by atoms with Crippen molar-refractivity contribution in [1.82, 2.24) is 14.4 Å². The van der Waals surface area contributed by atoms with Gasteiger partial charge in [0.05, 0.1) is 28.4 Å². The Hall–Kier alpha value is -2.22. The second-order valence-corrected chi connectivity index (χ2v) is 9.01. The molecule has 0 bridgehead atoms. The van der Waals surface area contributed by atoms with Crippen LogP contribution in [0.25, 0.3) is 10.9 Å². The Bertz CT molecular complexity index is 1110. The van der Waals surface area contributed by atoms with Crippen LogP contribution >= 0.6 is 27.5 Å². The van der Waals surface area contributed by atoms with Crippen molar-refractivity contribution in [3.63, 3.8) is 0 Å². The zero-order valence-electron chi connectivity index (χ0n) is 17.8. The molecular formula is C23H25BrClN3O3. The highest BCUT2D eigenvalue weighted by molar-refractivity contribution is 9.10. The highest BCUT2D eigenvalue weighted by Gasteiger charge is 2.28. The summed E-state index contributed by atoms with van der Waals surface area (Å²) in [5, 5.41) is 1.51. The van der Waals surface area contributed by atoms with Crippen LogP contribution < -0.4 is 9.47 Å². The van der Waals surface area contributed by atoms with Crippen LogP contribution in [0.5, 0.6) is 11.5 Å².